The fourth-order valence-corrected chi connectivity index (χ4v) is 2.27. The molecule has 0 aliphatic rings. The Morgan fingerprint density at radius 3 is 2.80 bits per heavy atom. The van der Waals surface area contributed by atoms with Crippen LogP contribution in [0.3, 0.4) is 0 Å². The van der Waals surface area contributed by atoms with Crippen LogP contribution in [0.15, 0.2) is 21.4 Å². The average Bonchev–Trinajstić information content (AvgIpc) is 2.17. The Kier molecular flexibility index (Phi) is 2.56. The first-order valence-corrected chi connectivity index (χ1v) is 5.50. The van der Waals surface area contributed by atoms with Crippen molar-refractivity contribution in [2.45, 2.75) is 6.92 Å². The van der Waals surface area contributed by atoms with E-state index in [1.807, 2.05) is 19.1 Å². The van der Waals surface area contributed by atoms with Gasteiger partial charge in [0.2, 0.25) is 5.28 Å². The Labute approximate surface area is 99.8 Å². The summed E-state index contributed by atoms with van der Waals surface area (Å²) in [5.41, 5.74) is 1.48. The van der Waals surface area contributed by atoms with Crippen molar-refractivity contribution in [3.63, 3.8) is 0 Å². The second-order valence-corrected chi connectivity index (χ2v) is 4.58. The first kappa shape index (κ1) is 10.6. The minimum Gasteiger partial charge on any atom is -0.286 e. The van der Waals surface area contributed by atoms with Crippen molar-refractivity contribution in [1.29, 1.82) is 0 Å². The number of hydrogen-bond acceptors (Lipinski definition) is 2. The second-order valence-electron chi connectivity index (χ2n) is 3.39. The van der Waals surface area contributed by atoms with E-state index in [-0.39, 0.29) is 10.8 Å². The van der Waals surface area contributed by atoms with E-state index in [0.29, 0.717) is 10.9 Å². The van der Waals surface area contributed by atoms with Crippen LogP contribution in [-0.4, -0.2) is 9.55 Å². The summed E-state index contributed by atoms with van der Waals surface area (Å²) in [5.74, 6) is 0. The van der Waals surface area contributed by atoms with Crippen LogP contribution in [0.1, 0.15) is 5.56 Å². The van der Waals surface area contributed by atoms with E-state index in [4.69, 9.17) is 11.6 Å². The predicted octanol–water partition coefficient (Wildman–Crippen LogP) is 2.66. The highest BCUT2D eigenvalue weighted by molar-refractivity contribution is 9.10. The van der Waals surface area contributed by atoms with E-state index in [1.165, 1.54) is 4.57 Å². The van der Waals surface area contributed by atoms with Crippen molar-refractivity contribution in [3.8, 4) is 0 Å². The van der Waals surface area contributed by atoms with Gasteiger partial charge in [0.25, 0.3) is 5.56 Å². The number of nitrogens with zero attached hydrogens (tertiary/aromatic N) is 2. The highest BCUT2D eigenvalue weighted by Crippen LogP contribution is 2.22. The molecule has 0 unspecified atom stereocenters. The largest absolute Gasteiger partial charge is 0.286 e. The van der Waals surface area contributed by atoms with E-state index < -0.39 is 0 Å². The predicted molar refractivity (Wildman–Crippen MR) is 64.4 cm³/mol. The summed E-state index contributed by atoms with van der Waals surface area (Å²) in [6.07, 6.45) is 0. The van der Waals surface area contributed by atoms with Gasteiger partial charge in [0.15, 0.2) is 0 Å². The molecule has 2 aromatic rings. The number of aryl methyl sites for hydroxylation is 1. The molecule has 0 aliphatic carbocycles. The number of aromatic nitrogens is 2. The quantitative estimate of drug-likeness (QED) is 0.698. The summed E-state index contributed by atoms with van der Waals surface area (Å²) >= 11 is 9.21. The van der Waals surface area contributed by atoms with Crippen LogP contribution in [0.25, 0.3) is 10.9 Å². The summed E-state index contributed by atoms with van der Waals surface area (Å²) in [5, 5.41) is 0.769. The molecule has 0 radical (unpaired) electrons. The molecule has 0 N–H and O–H groups in total. The molecule has 1 heterocycles. The van der Waals surface area contributed by atoms with Crippen molar-refractivity contribution in [1.82, 2.24) is 9.55 Å². The van der Waals surface area contributed by atoms with Crippen LogP contribution in [0.4, 0.5) is 0 Å². The Morgan fingerprint density at radius 2 is 2.13 bits per heavy atom. The minimum atomic E-state index is -0.130. The van der Waals surface area contributed by atoms with Crippen LogP contribution in [0.2, 0.25) is 5.28 Å². The maximum absolute atomic E-state index is 11.9. The molecule has 0 bridgehead atoms. The molecule has 0 atom stereocenters. The van der Waals surface area contributed by atoms with Crippen LogP contribution < -0.4 is 5.56 Å². The van der Waals surface area contributed by atoms with Crippen molar-refractivity contribution in [2.75, 3.05) is 0 Å². The van der Waals surface area contributed by atoms with Gasteiger partial charge in [-0.3, -0.25) is 9.36 Å². The molecular weight excluding hydrogens is 279 g/mol. The monoisotopic (exact) mass is 286 g/mol. The minimum absolute atomic E-state index is 0.130. The zero-order valence-electron chi connectivity index (χ0n) is 8.21. The molecular formula is C10H8BrClN2O. The van der Waals surface area contributed by atoms with Gasteiger partial charge >= 0.3 is 0 Å². The van der Waals surface area contributed by atoms with Crippen molar-refractivity contribution in [3.05, 3.63) is 37.8 Å². The van der Waals surface area contributed by atoms with Gasteiger partial charge in [-0.2, -0.15) is 0 Å². The van der Waals surface area contributed by atoms with Gasteiger partial charge < -0.3 is 0 Å². The molecule has 0 saturated carbocycles. The lowest BCUT2D eigenvalue weighted by Crippen LogP contribution is -2.18. The first-order chi connectivity index (χ1) is 7.00. The number of benzene rings is 1. The molecule has 5 heteroatoms. The highest BCUT2D eigenvalue weighted by Gasteiger charge is 2.09. The fourth-order valence-electron chi connectivity index (χ4n) is 1.44. The van der Waals surface area contributed by atoms with E-state index in [1.54, 1.807) is 7.05 Å². The summed E-state index contributed by atoms with van der Waals surface area (Å²) in [7, 11) is 1.60. The lowest BCUT2D eigenvalue weighted by atomic mass is 10.2. The average molecular weight is 288 g/mol. The Morgan fingerprint density at radius 1 is 1.47 bits per heavy atom. The molecule has 3 nitrogen and oxygen atoms in total. The third kappa shape index (κ3) is 1.68. The zero-order valence-corrected chi connectivity index (χ0v) is 10.6. The van der Waals surface area contributed by atoms with Crippen molar-refractivity contribution in [2.24, 2.45) is 7.05 Å². The van der Waals surface area contributed by atoms with Crippen LogP contribution >= 0.6 is 27.5 Å². The van der Waals surface area contributed by atoms with Gasteiger partial charge in [-0.15, -0.1) is 0 Å². The second kappa shape index (κ2) is 3.61. The standard InChI is InChI=1S/C10H8BrClN2O/c1-5-3-6-8(7(11)4-5)13-10(12)14(2)9(6)15/h3-4H,1-2H3. The fraction of sp³-hybridized carbons (Fsp3) is 0.200. The molecule has 1 aromatic heterocycles. The lowest BCUT2D eigenvalue weighted by Gasteiger charge is -2.05. The van der Waals surface area contributed by atoms with E-state index in [0.717, 1.165) is 10.0 Å². The Hall–Kier alpha value is -0.870. The van der Waals surface area contributed by atoms with E-state index in [2.05, 4.69) is 20.9 Å². The summed E-state index contributed by atoms with van der Waals surface area (Å²) in [6, 6.07) is 3.72. The molecule has 15 heavy (non-hydrogen) atoms. The molecule has 0 saturated heterocycles. The van der Waals surface area contributed by atoms with E-state index in [9.17, 15) is 4.79 Å². The molecule has 0 amide bonds. The van der Waals surface area contributed by atoms with Gasteiger partial charge in [-0.25, -0.2) is 4.98 Å². The summed E-state index contributed by atoms with van der Waals surface area (Å²) in [6.45, 7) is 1.93. The van der Waals surface area contributed by atoms with Gasteiger partial charge in [0, 0.05) is 11.5 Å². The van der Waals surface area contributed by atoms with E-state index >= 15 is 0 Å². The van der Waals surface area contributed by atoms with Gasteiger partial charge in [0.1, 0.15) is 0 Å². The molecule has 0 fully saturated rings. The van der Waals surface area contributed by atoms with Crippen LogP contribution in [0.5, 0.6) is 0 Å². The van der Waals surface area contributed by atoms with Gasteiger partial charge in [-0.05, 0) is 52.2 Å². The smallest absolute Gasteiger partial charge is 0.262 e. The zero-order chi connectivity index (χ0) is 11.2. The SMILES string of the molecule is Cc1cc(Br)c2nc(Cl)n(C)c(=O)c2c1. The third-order valence-electron chi connectivity index (χ3n) is 2.22. The number of halogens is 2. The first-order valence-electron chi connectivity index (χ1n) is 4.33. The topological polar surface area (TPSA) is 34.9 Å². The van der Waals surface area contributed by atoms with Gasteiger partial charge in [0.05, 0.1) is 10.9 Å². The Balaban J connectivity index is 3.06. The number of rotatable bonds is 0. The van der Waals surface area contributed by atoms with Crippen molar-refractivity contribution >= 4 is 38.4 Å². The highest BCUT2D eigenvalue weighted by atomic mass is 79.9. The summed E-state index contributed by atoms with van der Waals surface area (Å²) in [4.78, 5) is 16.0. The molecule has 0 aliphatic heterocycles. The van der Waals surface area contributed by atoms with Crippen LogP contribution in [0, 0.1) is 6.92 Å². The van der Waals surface area contributed by atoms with Gasteiger partial charge in [-0.1, -0.05) is 0 Å². The van der Waals surface area contributed by atoms with Crippen LogP contribution in [-0.2, 0) is 7.05 Å². The number of fused-ring (bicyclic) bond motifs is 1. The Bertz CT molecular complexity index is 606. The molecule has 0 spiro atoms. The lowest BCUT2D eigenvalue weighted by molar-refractivity contribution is 0.843. The third-order valence-corrected chi connectivity index (χ3v) is 3.17. The maximum atomic E-state index is 11.9. The normalized spacial score (nSPS) is 10.9. The van der Waals surface area contributed by atoms with Crippen molar-refractivity contribution < 1.29 is 0 Å². The molecule has 1 aromatic carbocycles. The molecule has 78 valence electrons. The maximum Gasteiger partial charge on any atom is 0.262 e. The summed E-state index contributed by atoms with van der Waals surface area (Å²) < 4.78 is 2.12. The number of hydrogen-bond donors (Lipinski definition) is 0. The molecule has 2 rings (SSSR count).